The van der Waals surface area contributed by atoms with Crippen molar-refractivity contribution in [2.75, 3.05) is 13.1 Å². The number of nitrogens with zero attached hydrogens (tertiary/aromatic N) is 4. The first-order chi connectivity index (χ1) is 14.2. The Bertz CT molecular complexity index is 911. The molecule has 0 aliphatic carbocycles. The number of aromatic nitrogens is 3. The van der Waals surface area contributed by atoms with Crippen LogP contribution in [0.1, 0.15) is 67.7 Å². The molecule has 154 valence electrons. The standard InChI is InChI=1S/C22H29N5O2/c1-2-5-20(28)27-12-4-3-6-19(27)21-24-18-15-26(13-9-17(18)22(29)25-21)14-16-7-10-23-11-8-16/h7-8,10-11,19H,2-6,9,12-15H2,1H3,(H,24,25,29)/t19-/m0/s1. The number of aromatic amines is 1. The maximum absolute atomic E-state index is 12.8. The summed E-state index contributed by atoms with van der Waals surface area (Å²) in [5.74, 6) is 0.820. The van der Waals surface area contributed by atoms with E-state index in [4.69, 9.17) is 4.98 Å². The number of piperidine rings is 1. The fourth-order valence-electron chi connectivity index (χ4n) is 4.42. The Labute approximate surface area is 171 Å². The molecule has 1 atom stereocenters. The molecule has 1 fully saturated rings. The second-order valence-corrected chi connectivity index (χ2v) is 8.04. The molecule has 7 heteroatoms. The van der Waals surface area contributed by atoms with Crippen LogP contribution < -0.4 is 5.56 Å². The lowest BCUT2D eigenvalue weighted by Crippen LogP contribution is -2.41. The van der Waals surface area contributed by atoms with Crippen LogP contribution >= 0.6 is 0 Å². The van der Waals surface area contributed by atoms with Crippen molar-refractivity contribution in [3.63, 3.8) is 0 Å². The molecule has 0 bridgehead atoms. The number of hydrogen-bond acceptors (Lipinski definition) is 5. The molecule has 1 N–H and O–H groups in total. The van der Waals surface area contributed by atoms with E-state index < -0.39 is 0 Å². The van der Waals surface area contributed by atoms with Gasteiger partial charge < -0.3 is 9.88 Å². The summed E-state index contributed by atoms with van der Waals surface area (Å²) in [6.45, 7) is 5.08. The zero-order valence-corrected chi connectivity index (χ0v) is 17.1. The van der Waals surface area contributed by atoms with Gasteiger partial charge in [-0.2, -0.15) is 0 Å². The van der Waals surface area contributed by atoms with Crippen molar-refractivity contribution in [2.45, 2.75) is 64.6 Å². The molecule has 0 aromatic carbocycles. The van der Waals surface area contributed by atoms with Crippen LogP contribution in [0.3, 0.4) is 0 Å². The van der Waals surface area contributed by atoms with Crippen molar-refractivity contribution >= 4 is 5.91 Å². The number of rotatable bonds is 5. The number of H-pyrrole nitrogens is 1. The predicted octanol–water partition coefficient (Wildman–Crippen LogP) is 2.58. The summed E-state index contributed by atoms with van der Waals surface area (Å²) in [6.07, 6.45) is 8.62. The number of carbonyl (C=O) groups excluding carboxylic acids is 1. The molecule has 2 aromatic rings. The monoisotopic (exact) mass is 395 g/mol. The van der Waals surface area contributed by atoms with Crippen molar-refractivity contribution in [1.82, 2.24) is 24.8 Å². The Morgan fingerprint density at radius 3 is 2.86 bits per heavy atom. The molecule has 29 heavy (non-hydrogen) atoms. The van der Waals surface area contributed by atoms with Crippen LogP contribution in [0.15, 0.2) is 29.3 Å². The third kappa shape index (κ3) is 4.40. The van der Waals surface area contributed by atoms with Crippen LogP contribution in [0.25, 0.3) is 0 Å². The van der Waals surface area contributed by atoms with Crippen molar-refractivity contribution in [3.8, 4) is 0 Å². The van der Waals surface area contributed by atoms with E-state index in [0.29, 0.717) is 25.2 Å². The quantitative estimate of drug-likeness (QED) is 0.841. The Hall–Kier alpha value is -2.54. The highest BCUT2D eigenvalue weighted by Gasteiger charge is 2.31. The number of nitrogens with one attached hydrogen (secondary N) is 1. The van der Waals surface area contributed by atoms with Crippen molar-refractivity contribution in [1.29, 1.82) is 0 Å². The molecule has 0 unspecified atom stereocenters. The van der Waals surface area contributed by atoms with E-state index >= 15 is 0 Å². The molecular weight excluding hydrogens is 366 g/mol. The molecule has 1 amide bonds. The molecular formula is C22H29N5O2. The second kappa shape index (κ2) is 8.86. The average Bonchev–Trinajstić information content (AvgIpc) is 2.74. The van der Waals surface area contributed by atoms with E-state index in [1.165, 1.54) is 5.56 Å². The van der Waals surface area contributed by atoms with E-state index in [2.05, 4.69) is 14.9 Å². The first-order valence-electron chi connectivity index (χ1n) is 10.7. The maximum atomic E-state index is 12.8. The van der Waals surface area contributed by atoms with Gasteiger partial charge in [0.1, 0.15) is 5.82 Å². The third-order valence-electron chi connectivity index (χ3n) is 5.93. The summed E-state index contributed by atoms with van der Waals surface area (Å²) in [5, 5.41) is 0. The van der Waals surface area contributed by atoms with Crippen LogP contribution in [0.5, 0.6) is 0 Å². The fraction of sp³-hybridized carbons (Fsp3) is 0.545. The van der Waals surface area contributed by atoms with Crippen molar-refractivity contribution < 1.29 is 4.79 Å². The molecule has 2 aliphatic rings. The van der Waals surface area contributed by atoms with E-state index in [-0.39, 0.29) is 17.5 Å². The highest BCUT2D eigenvalue weighted by molar-refractivity contribution is 5.76. The molecule has 0 spiro atoms. The summed E-state index contributed by atoms with van der Waals surface area (Å²) < 4.78 is 0. The minimum atomic E-state index is -0.114. The van der Waals surface area contributed by atoms with E-state index in [1.54, 1.807) is 12.4 Å². The van der Waals surface area contributed by atoms with Gasteiger partial charge in [-0.25, -0.2) is 4.98 Å². The smallest absolute Gasteiger partial charge is 0.254 e. The molecule has 2 aliphatic heterocycles. The SMILES string of the molecule is CCCC(=O)N1CCCC[C@H]1c1nc2c(c(=O)[nH]1)CCN(Cc1ccncc1)C2. The number of fused-ring (bicyclic) bond motifs is 1. The van der Waals surface area contributed by atoms with Gasteiger partial charge in [0.2, 0.25) is 5.91 Å². The highest BCUT2D eigenvalue weighted by Crippen LogP contribution is 2.30. The molecule has 0 radical (unpaired) electrons. The van der Waals surface area contributed by atoms with Gasteiger partial charge in [-0.05, 0) is 49.8 Å². The fourth-order valence-corrected chi connectivity index (χ4v) is 4.42. The minimum Gasteiger partial charge on any atom is -0.333 e. The zero-order valence-electron chi connectivity index (χ0n) is 17.1. The topological polar surface area (TPSA) is 82.2 Å². The Balaban J connectivity index is 1.57. The van der Waals surface area contributed by atoms with Gasteiger partial charge in [0, 0.05) is 50.6 Å². The third-order valence-corrected chi connectivity index (χ3v) is 5.93. The Morgan fingerprint density at radius 2 is 2.07 bits per heavy atom. The van der Waals surface area contributed by atoms with Gasteiger partial charge >= 0.3 is 0 Å². The number of pyridine rings is 1. The lowest BCUT2D eigenvalue weighted by atomic mass is 9.99. The van der Waals surface area contributed by atoms with Crippen LogP contribution in [-0.2, 0) is 24.3 Å². The summed E-state index contributed by atoms with van der Waals surface area (Å²) >= 11 is 0. The largest absolute Gasteiger partial charge is 0.333 e. The predicted molar refractivity (Wildman–Crippen MR) is 110 cm³/mol. The number of likely N-dealkylation sites (tertiary alicyclic amines) is 1. The van der Waals surface area contributed by atoms with Gasteiger partial charge in [0.05, 0.1) is 11.7 Å². The van der Waals surface area contributed by atoms with Gasteiger partial charge in [0.25, 0.3) is 5.56 Å². The molecule has 1 saturated heterocycles. The van der Waals surface area contributed by atoms with Gasteiger partial charge in [0.15, 0.2) is 0 Å². The second-order valence-electron chi connectivity index (χ2n) is 8.04. The number of amides is 1. The van der Waals surface area contributed by atoms with Gasteiger partial charge in [-0.15, -0.1) is 0 Å². The van der Waals surface area contributed by atoms with E-state index in [1.807, 2.05) is 24.0 Å². The van der Waals surface area contributed by atoms with Crippen LogP contribution in [0.4, 0.5) is 0 Å². The summed E-state index contributed by atoms with van der Waals surface area (Å²) in [5.41, 5.74) is 2.82. The molecule has 4 rings (SSSR count). The number of carbonyl (C=O) groups is 1. The van der Waals surface area contributed by atoms with Crippen LogP contribution in [-0.4, -0.2) is 43.7 Å². The van der Waals surface area contributed by atoms with E-state index in [9.17, 15) is 9.59 Å². The maximum Gasteiger partial charge on any atom is 0.254 e. The molecule has 4 heterocycles. The van der Waals surface area contributed by atoms with E-state index in [0.717, 1.165) is 56.6 Å². The number of hydrogen-bond donors (Lipinski definition) is 1. The minimum absolute atomic E-state index is 0.0398. The average molecular weight is 396 g/mol. The summed E-state index contributed by atoms with van der Waals surface area (Å²) in [7, 11) is 0. The zero-order chi connectivity index (χ0) is 20.2. The van der Waals surface area contributed by atoms with Crippen molar-refractivity contribution in [3.05, 3.63) is 57.5 Å². The van der Waals surface area contributed by atoms with Gasteiger partial charge in [-0.1, -0.05) is 6.92 Å². The first kappa shape index (κ1) is 19.8. The highest BCUT2D eigenvalue weighted by atomic mass is 16.2. The molecule has 2 aromatic heterocycles. The van der Waals surface area contributed by atoms with Crippen molar-refractivity contribution in [2.24, 2.45) is 0 Å². The summed E-state index contributed by atoms with van der Waals surface area (Å²) in [4.78, 5) is 41.6. The van der Waals surface area contributed by atoms with Crippen LogP contribution in [0, 0.1) is 0 Å². The Morgan fingerprint density at radius 1 is 1.24 bits per heavy atom. The lowest BCUT2D eigenvalue weighted by Gasteiger charge is -2.36. The lowest BCUT2D eigenvalue weighted by molar-refractivity contribution is -0.135. The molecule has 7 nitrogen and oxygen atoms in total. The van der Waals surface area contributed by atoms with Crippen LogP contribution in [0.2, 0.25) is 0 Å². The molecule has 0 saturated carbocycles. The normalized spacial score (nSPS) is 19.8. The van der Waals surface area contributed by atoms with Gasteiger partial charge in [-0.3, -0.25) is 19.5 Å². The Kier molecular flexibility index (Phi) is 6.04. The first-order valence-corrected chi connectivity index (χ1v) is 10.7. The summed E-state index contributed by atoms with van der Waals surface area (Å²) in [6, 6.07) is 3.92.